The first-order valence-electron chi connectivity index (χ1n) is 4.28. The van der Waals surface area contributed by atoms with Gasteiger partial charge >= 0.3 is 0 Å². The molecule has 1 aromatic rings. The van der Waals surface area contributed by atoms with Crippen LogP contribution in [0.1, 0.15) is 13.8 Å². The van der Waals surface area contributed by atoms with Gasteiger partial charge in [0.15, 0.2) is 0 Å². The van der Waals surface area contributed by atoms with Crippen LogP contribution in [0.25, 0.3) is 0 Å². The summed E-state index contributed by atoms with van der Waals surface area (Å²) >= 11 is 9.25. The summed E-state index contributed by atoms with van der Waals surface area (Å²) in [5, 5.41) is 4.07. The molecule has 1 rings (SSSR count). The van der Waals surface area contributed by atoms with Gasteiger partial charge in [-0.15, -0.1) is 0 Å². The lowest BCUT2D eigenvalue weighted by atomic mass is 10.2. The Morgan fingerprint density at radius 1 is 1.46 bits per heavy atom. The smallest absolute Gasteiger partial charge is 0.0549 e. The van der Waals surface area contributed by atoms with Gasteiger partial charge in [-0.05, 0) is 40.0 Å². The van der Waals surface area contributed by atoms with E-state index in [4.69, 9.17) is 11.6 Å². The Labute approximate surface area is 92.6 Å². The molecule has 0 saturated heterocycles. The van der Waals surface area contributed by atoms with Crippen molar-refractivity contribution in [2.75, 3.05) is 11.9 Å². The average Bonchev–Trinajstić information content (AvgIpc) is 2.07. The number of anilines is 1. The van der Waals surface area contributed by atoms with Gasteiger partial charge in [-0.25, -0.2) is 0 Å². The van der Waals surface area contributed by atoms with Crippen LogP contribution in [-0.4, -0.2) is 6.54 Å². The van der Waals surface area contributed by atoms with Crippen LogP contribution >= 0.6 is 27.5 Å². The van der Waals surface area contributed by atoms with Crippen molar-refractivity contribution in [1.29, 1.82) is 0 Å². The zero-order valence-corrected chi connectivity index (χ0v) is 10.1. The molecule has 0 bridgehead atoms. The first-order chi connectivity index (χ1) is 6.09. The van der Waals surface area contributed by atoms with Gasteiger partial charge in [0.05, 0.1) is 5.02 Å². The maximum Gasteiger partial charge on any atom is 0.0549 e. The van der Waals surface area contributed by atoms with Crippen LogP contribution in [0.2, 0.25) is 5.02 Å². The third-order valence-corrected chi connectivity index (χ3v) is 2.85. The summed E-state index contributed by atoms with van der Waals surface area (Å²) in [6.45, 7) is 5.34. The Balaban J connectivity index is 2.63. The van der Waals surface area contributed by atoms with E-state index in [2.05, 4.69) is 35.1 Å². The van der Waals surface area contributed by atoms with Crippen molar-refractivity contribution in [3.8, 4) is 0 Å². The Kier molecular flexibility index (Phi) is 4.07. The van der Waals surface area contributed by atoms with Crippen molar-refractivity contribution in [3.05, 3.63) is 27.7 Å². The fraction of sp³-hybridized carbons (Fsp3) is 0.400. The summed E-state index contributed by atoms with van der Waals surface area (Å²) < 4.78 is 0.933. The van der Waals surface area contributed by atoms with Crippen LogP contribution in [-0.2, 0) is 0 Å². The summed E-state index contributed by atoms with van der Waals surface area (Å²) in [6.07, 6.45) is 0. The van der Waals surface area contributed by atoms with Crippen molar-refractivity contribution in [2.24, 2.45) is 5.92 Å². The molecule has 0 saturated carbocycles. The molecule has 0 atom stereocenters. The van der Waals surface area contributed by atoms with E-state index in [0.29, 0.717) is 5.92 Å². The fourth-order valence-electron chi connectivity index (χ4n) is 0.928. The molecule has 0 unspecified atom stereocenters. The quantitative estimate of drug-likeness (QED) is 0.862. The molecule has 0 spiro atoms. The van der Waals surface area contributed by atoms with E-state index in [9.17, 15) is 0 Å². The Hall–Kier alpha value is -0.210. The summed E-state index contributed by atoms with van der Waals surface area (Å²) in [4.78, 5) is 0. The molecule has 0 aliphatic heterocycles. The molecular weight excluding hydrogens is 249 g/mol. The molecule has 1 aromatic carbocycles. The lowest BCUT2D eigenvalue weighted by Gasteiger charge is -2.09. The molecule has 0 amide bonds. The fourth-order valence-corrected chi connectivity index (χ4v) is 1.42. The van der Waals surface area contributed by atoms with Crippen molar-refractivity contribution < 1.29 is 0 Å². The second-order valence-corrected chi connectivity index (χ2v) is 4.67. The van der Waals surface area contributed by atoms with Crippen LogP contribution < -0.4 is 5.32 Å². The molecule has 0 fully saturated rings. The number of hydrogen-bond acceptors (Lipinski definition) is 1. The normalized spacial score (nSPS) is 10.5. The molecule has 13 heavy (non-hydrogen) atoms. The molecule has 0 aliphatic carbocycles. The molecule has 1 N–H and O–H groups in total. The van der Waals surface area contributed by atoms with Gasteiger partial charge in [-0.2, -0.15) is 0 Å². The number of hydrogen-bond donors (Lipinski definition) is 1. The number of nitrogens with one attached hydrogen (secondary N) is 1. The molecule has 72 valence electrons. The van der Waals surface area contributed by atoms with Gasteiger partial charge in [-0.3, -0.25) is 0 Å². The Morgan fingerprint density at radius 3 is 2.69 bits per heavy atom. The molecule has 0 radical (unpaired) electrons. The van der Waals surface area contributed by atoms with Gasteiger partial charge < -0.3 is 5.32 Å². The van der Waals surface area contributed by atoms with Gasteiger partial charge in [0, 0.05) is 16.7 Å². The van der Waals surface area contributed by atoms with Gasteiger partial charge in [0.2, 0.25) is 0 Å². The summed E-state index contributed by atoms with van der Waals surface area (Å²) in [5.41, 5.74) is 1.10. The van der Waals surface area contributed by atoms with Gasteiger partial charge in [0.25, 0.3) is 0 Å². The van der Waals surface area contributed by atoms with Crippen LogP contribution in [0.5, 0.6) is 0 Å². The molecule has 1 nitrogen and oxygen atoms in total. The third-order valence-electron chi connectivity index (χ3n) is 1.63. The summed E-state index contributed by atoms with van der Waals surface area (Å²) in [5.74, 6) is 0.648. The zero-order valence-electron chi connectivity index (χ0n) is 7.77. The number of halogens is 2. The van der Waals surface area contributed by atoms with E-state index in [1.807, 2.05) is 18.2 Å². The third kappa shape index (κ3) is 3.57. The van der Waals surface area contributed by atoms with E-state index in [-0.39, 0.29) is 0 Å². The highest BCUT2D eigenvalue weighted by atomic mass is 79.9. The van der Waals surface area contributed by atoms with E-state index < -0.39 is 0 Å². The molecule has 3 heteroatoms. The maximum atomic E-state index is 5.87. The number of rotatable bonds is 3. The average molecular weight is 263 g/mol. The zero-order chi connectivity index (χ0) is 9.84. The minimum absolute atomic E-state index is 0.648. The number of benzene rings is 1. The van der Waals surface area contributed by atoms with E-state index in [0.717, 1.165) is 21.7 Å². The lowest BCUT2D eigenvalue weighted by molar-refractivity contribution is 0.689. The SMILES string of the molecule is CC(C)CNc1ccc(Cl)c(Br)c1. The first kappa shape index (κ1) is 10.9. The van der Waals surface area contributed by atoms with E-state index >= 15 is 0 Å². The molecule has 0 aromatic heterocycles. The molecule has 0 heterocycles. The highest BCUT2D eigenvalue weighted by Crippen LogP contribution is 2.25. The molecule has 0 aliphatic rings. The topological polar surface area (TPSA) is 12.0 Å². The van der Waals surface area contributed by atoms with E-state index in [1.165, 1.54) is 0 Å². The van der Waals surface area contributed by atoms with Crippen molar-refractivity contribution in [1.82, 2.24) is 0 Å². The minimum Gasteiger partial charge on any atom is -0.385 e. The summed E-state index contributed by atoms with van der Waals surface area (Å²) in [6, 6.07) is 5.86. The predicted octanol–water partition coefficient (Wildman–Crippen LogP) is 4.17. The molecular formula is C10H13BrClN. The largest absolute Gasteiger partial charge is 0.385 e. The second-order valence-electron chi connectivity index (χ2n) is 3.40. The minimum atomic E-state index is 0.648. The van der Waals surface area contributed by atoms with Crippen LogP contribution in [0.3, 0.4) is 0 Å². The lowest BCUT2D eigenvalue weighted by Crippen LogP contribution is -2.07. The highest BCUT2D eigenvalue weighted by Gasteiger charge is 1.99. The van der Waals surface area contributed by atoms with Gasteiger partial charge in [-0.1, -0.05) is 25.4 Å². The van der Waals surface area contributed by atoms with Gasteiger partial charge in [0.1, 0.15) is 0 Å². The van der Waals surface area contributed by atoms with Crippen LogP contribution in [0.15, 0.2) is 22.7 Å². The monoisotopic (exact) mass is 261 g/mol. The van der Waals surface area contributed by atoms with Crippen molar-refractivity contribution >= 4 is 33.2 Å². The summed E-state index contributed by atoms with van der Waals surface area (Å²) in [7, 11) is 0. The van der Waals surface area contributed by atoms with Crippen LogP contribution in [0.4, 0.5) is 5.69 Å². The Morgan fingerprint density at radius 2 is 2.15 bits per heavy atom. The predicted molar refractivity (Wildman–Crippen MR) is 62.5 cm³/mol. The standard InChI is InChI=1S/C10H13BrClN/c1-7(2)6-13-8-3-4-10(12)9(11)5-8/h3-5,7,13H,6H2,1-2H3. The maximum absolute atomic E-state index is 5.87. The van der Waals surface area contributed by atoms with Crippen molar-refractivity contribution in [2.45, 2.75) is 13.8 Å². The van der Waals surface area contributed by atoms with Crippen LogP contribution in [0, 0.1) is 5.92 Å². The van der Waals surface area contributed by atoms with E-state index in [1.54, 1.807) is 0 Å². The second kappa shape index (κ2) is 4.87. The Bertz CT molecular complexity index is 286. The highest BCUT2D eigenvalue weighted by molar-refractivity contribution is 9.10. The van der Waals surface area contributed by atoms with Crippen molar-refractivity contribution in [3.63, 3.8) is 0 Å². The first-order valence-corrected chi connectivity index (χ1v) is 5.45.